The smallest absolute Gasteiger partial charge is 0.241 e. The Morgan fingerprint density at radius 3 is 2.44 bits per heavy atom. The number of hydrogen-bond acceptors (Lipinski definition) is 2. The van der Waals surface area contributed by atoms with Crippen LogP contribution in [0, 0.1) is 0 Å². The Balaban J connectivity index is 2.47. The second kappa shape index (κ2) is 7.88. The van der Waals surface area contributed by atoms with Crippen LogP contribution in [0.3, 0.4) is 0 Å². The summed E-state index contributed by atoms with van der Waals surface area (Å²) in [4.78, 5) is 11.6. The van der Waals surface area contributed by atoms with Gasteiger partial charge in [0.2, 0.25) is 5.91 Å². The molecule has 3 nitrogen and oxygen atoms in total. The minimum atomic E-state index is -0.422. The molecule has 0 bridgehead atoms. The van der Waals surface area contributed by atoms with E-state index in [2.05, 4.69) is 24.4 Å². The van der Waals surface area contributed by atoms with Crippen molar-refractivity contribution in [2.45, 2.75) is 52.0 Å². The molecule has 0 heterocycles. The van der Waals surface area contributed by atoms with Gasteiger partial charge in [-0.05, 0) is 37.0 Å². The quantitative estimate of drug-likeness (QED) is 0.728. The van der Waals surface area contributed by atoms with Crippen molar-refractivity contribution < 1.29 is 4.79 Å². The van der Waals surface area contributed by atoms with Gasteiger partial charge < -0.3 is 11.1 Å². The zero-order valence-electron chi connectivity index (χ0n) is 11.4. The maximum absolute atomic E-state index is 11.6. The number of unbranched alkanes of at least 4 members (excludes halogenated alkanes) is 2. The number of hydrogen-bond donors (Lipinski definition) is 2. The summed E-state index contributed by atoms with van der Waals surface area (Å²) in [5.41, 5.74) is 7.81. The van der Waals surface area contributed by atoms with Gasteiger partial charge in [0.1, 0.15) is 0 Å². The lowest BCUT2D eigenvalue weighted by atomic mass is 10.1. The number of nitrogens with one attached hydrogen (secondary N) is 1. The molecule has 100 valence electrons. The van der Waals surface area contributed by atoms with Crippen LogP contribution in [0.4, 0.5) is 5.69 Å². The van der Waals surface area contributed by atoms with Crippen LogP contribution in [0.2, 0.25) is 0 Å². The molecule has 0 saturated heterocycles. The van der Waals surface area contributed by atoms with E-state index in [1.807, 2.05) is 19.1 Å². The zero-order valence-corrected chi connectivity index (χ0v) is 11.4. The van der Waals surface area contributed by atoms with Crippen LogP contribution < -0.4 is 11.1 Å². The minimum Gasteiger partial charge on any atom is -0.325 e. The average molecular weight is 248 g/mol. The van der Waals surface area contributed by atoms with Gasteiger partial charge in [0.05, 0.1) is 6.04 Å². The SMILES string of the molecule is CCCCCc1ccc(NC(=O)[C@@H](N)CC)cc1. The number of anilines is 1. The first kappa shape index (κ1) is 14.7. The van der Waals surface area contributed by atoms with Gasteiger partial charge >= 0.3 is 0 Å². The molecule has 1 aromatic rings. The highest BCUT2D eigenvalue weighted by Crippen LogP contribution is 2.12. The summed E-state index contributed by atoms with van der Waals surface area (Å²) in [5.74, 6) is -0.115. The molecule has 0 spiro atoms. The number of rotatable bonds is 7. The molecule has 18 heavy (non-hydrogen) atoms. The molecule has 0 aliphatic rings. The molecule has 0 fully saturated rings. The monoisotopic (exact) mass is 248 g/mol. The van der Waals surface area contributed by atoms with Gasteiger partial charge in [-0.1, -0.05) is 38.8 Å². The molecule has 3 heteroatoms. The van der Waals surface area contributed by atoms with Crippen LogP contribution in [0.15, 0.2) is 24.3 Å². The fraction of sp³-hybridized carbons (Fsp3) is 0.533. The van der Waals surface area contributed by atoms with E-state index in [9.17, 15) is 4.79 Å². The van der Waals surface area contributed by atoms with Gasteiger partial charge in [-0.3, -0.25) is 4.79 Å². The van der Waals surface area contributed by atoms with Crippen molar-refractivity contribution in [1.29, 1.82) is 0 Å². The predicted molar refractivity (Wildman–Crippen MR) is 76.6 cm³/mol. The van der Waals surface area contributed by atoms with Crippen LogP contribution in [0.1, 0.15) is 45.1 Å². The van der Waals surface area contributed by atoms with Gasteiger partial charge in [-0.2, -0.15) is 0 Å². The molecule has 1 aromatic carbocycles. The lowest BCUT2D eigenvalue weighted by Crippen LogP contribution is -2.34. The van der Waals surface area contributed by atoms with Crippen LogP contribution in [-0.2, 0) is 11.2 Å². The molecular formula is C15H24N2O. The van der Waals surface area contributed by atoms with Crippen molar-refractivity contribution in [2.24, 2.45) is 5.73 Å². The summed E-state index contributed by atoms with van der Waals surface area (Å²) in [7, 11) is 0. The van der Waals surface area contributed by atoms with E-state index in [-0.39, 0.29) is 5.91 Å². The minimum absolute atomic E-state index is 0.115. The molecule has 0 aliphatic heterocycles. The third-order valence-electron chi connectivity index (χ3n) is 3.07. The van der Waals surface area contributed by atoms with Crippen molar-refractivity contribution >= 4 is 11.6 Å². The van der Waals surface area contributed by atoms with Crippen molar-refractivity contribution in [3.05, 3.63) is 29.8 Å². The van der Waals surface area contributed by atoms with Gasteiger partial charge in [0.15, 0.2) is 0 Å². The van der Waals surface area contributed by atoms with Gasteiger partial charge in [-0.15, -0.1) is 0 Å². The number of benzene rings is 1. The van der Waals surface area contributed by atoms with Crippen molar-refractivity contribution in [1.82, 2.24) is 0 Å². The summed E-state index contributed by atoms with van der Waals surface area (Å²) in [6.45, 7) is 4.11. The standard InChI is InChI=1S/C15H24N2O/c1-3-5-6-7-12-8-10-13(11-9-12)17-15(18)14(16)4-2/h8-11,14H,3-7,16H2,1-2H3,(H,17,18)/t14-/m0/s1. The van der Waals surface area contributed by atoms with Crippen molar-refractivity contribution in [3.63, 3.8) is 0 Å². The average Bonchev–Trinajstić information content (AvgIpc) is 2.40. The molecule has 0 saturated carbocycles. The highest BCUT2D eigenvalue weighted by molar-refractivity contribution is 5.94. The van der Waals surface area contributed by atoms with E-state index >= 15 is 0 Å². The normalized spacial score (nSPS) is 12.2. The van der Waals surface area contributed by atoms with Crippen LogP contribution >= 0.6 is 0 Å². The maximum atomic E-state index is 11.6. The first-order valence-corrected chi connectivity index (χ1v) is 6.82. The number of carbonyl (C=O) groups is 1. The van der Waals surface area contributed by atoms with E-state index in [0.29, 0.717) is 6.42 Å². The molecule has 1 atom stereocenters. The third-order valence-corrected chi connectivity index (χ3v) is 3.07. The van der Waals surface area contributed by atoms with Gasteiger partial charge in [-0.25, -0.2) is 0 Å². The Hall–Kier alpha value is -1.35. The highest BCUT2D eigenvalue weighted by Gasteiger charge is 2.10. The summed E-state index contributed by atoms with van der Waals surface area (Å²) in [5, 5.41) is 2.82. The summed E-state index contributed by atoms with van der Waals surface area (Å²) >= 11 is 0. The second-order valence-corrected chi connectivity index (χ2v) is 4.66. The molecule has 0 aromatic heterocycles. The fourth-order valence-corrected chi connectivity index (χ4v) is 1.75. The molecule has 0 radical (unpaired) electrons. The lowest BCUT2D eigenvalue weighted by molar-refractivity contribution is -0.117. The first-order valence-electron chi connectivity index (χ1n) is 6.82. The lowest BCUT2D eigenvalue weighted by Gasteiger charge is -2.10. The summed E-state index contributed by atoms with van der Waals surface area (Å²) < 4.78 is 0. The highest BCUT2D eigenvalue weighted by atomic mass is 16.2. The van der Waals surface area contributed by atoms with Gasteiger partial charge in [0.25, 0.3) is 0 Å². The second-order valence-electron chi connectivity index (χ2n) is 4.66. The number of amides is 1. The Morgan fingerprint density at radius 1 is 1.22 bits per heavy atom. The first-order chi connectivity index (χ1) is 8.67. The summed E-state index contributed by atoms with van der Waals surface area (Å²) in [6, 6.07) is 7.61. The topological polar surface area (TPSA) is 55.1 Å². The molecular weight excluding hydrogens is 224 g/mol. The molecule has 0 unspecified atom stereocenters. The molecule has 1 amide bonds. The van der Waals surface area contributed by atoms with E-state index < -0.39 is 6.04 Å². The number of nitrogens with two attached hydrogens (primary N) is 1. The fourth-order valence-electron chi connectivity index (χ4n) is 1.75. The number of carbonyl (C=O) groups excluding carboxylic acids is 1. The largest absolute Gasteiger partial charge is 0.325 e. The Kier molecular flexibility index (Phi) is 6.44. The maximum Gasteiger partial charge on any atom is 0.241 e. The number of aryl methyl sites for hydroxylation is 1. The predicted octanol–water partition coefficient (Wildman–Crippen LogP) is 3.10. The Morgan fingerprint density at radius 2 is 1.89 bits per heavy atom. The van der Waals surface area contributed by atoms with Crippen LogP contribution in [-0.4, -0.2) is 11.9 Å². The van der Waals surface area contributed by atoms with E-state index in [4.69, 9.17) is 5.73 Å². The molecule has 3 N–H and O–H groups in total. The summed E-state index contributed by atoms with van der Waals surface area (Å²) in [6.07, 6.45) is 5.49. The Bertz CT molecular complexity index is 359. The van der Waals surface area contributed by atoms with Crippen molar-refractivity contribution in [2.75, 3.05) is 5.32 Å². The van der Waals surface area contributed by atoms with Crippen LogP contribution in [0.25, 0.3) is 0 Å². The zero-order chi connectivity index (χ0) is 13.4. The van der Waals surface area contributed by atoms with E-state index in [1.165, 1.54) is 24.8 Å². The van der Waals surface area contributed by atoms with E-state index in [0.717, 1.165) is 12.1 Å². The molecule has 0 aliphatic carbocycles. The van der Waals surface area contributed by atoms with Crippen molar-refractivity contribution in [3.8, 4) is 0 Å². The van der Waals surface area contributed by atoms with Gasteiger partial charge in [0, 0.05) is 5.69 Å². The Labute approximate surface area is 110 Å². The van der Waals surface area contributed by atoms with E-state index in [1.54, 1.807) is 0 Å². The molecule has 1 rings (SSSR count). The third kappa shape index (κ3) is 4.88. The van der Waals surface area contributed by atoms with Crippen LogP contribution in [0.5, 0.6) is 0 Å².